The van der Waals surface area contributed by atoms with Crippen LogP contribution in [0, 0.1) is 5.92 Å². The molecule has 1 rings (SSSR count). The van der Waals surface area contributed by atoms with Crippen LogP contribution in [0.3, 0.4) is 0 Å². The van der Waals surface area contributed by atoms with E-state index in [1.807, 2.05) is 13.8 Å². The van der Waals surface area contributed by atoms with E-state index in [-0.39, 0.29) is 23.3 Å². The molecule has 1 aliphatic heterocycles. The summed E-state index contributed by atoms with van der Waals surface area (Å²) in [5.74, 6) is -0.687. The fraction of sp³-hybridized carbons (Fsp3) is 0.818. The molecule has 0 bridgehead atoms. The van der Waals surface area contributed by atoms with Gasteiger partial charge in [-0.2, -0.15) is 0 Å². The fourth-order valence-electron chi connectivity index (χ4n) is 4.14. The zero-order chi connectivity index (χ0) is 21.8. The third-order valence-electron chi connectivity index (χ3n) is 4.56. The van der Waals surface area contributed by atoms with Gasteiger partial charge in [0, 0.05) is 48.0 Å². The summed E-state index contributed by atoms with van der Waals surface area (Å²) >= 11 is 0. The summed E-state index contributed by atoms with van der Waals surface area (Å²) in [6.45, 7) is 16.3. The highest BCUT2D eigenvalue weighted by Gasteiger charge is 2.39. The second-order valence-corrected chi connectivity index (χ2v) is 10.6. The van der Waals surface area contributed by atoms with Gasteiger partial charge in [0.15, 0.2) is 0 Å². The second-order valence-electron chi connectivity index (χ2n) is 10.6. The van der Waals surface area contributed by atoms with E-state index in [9.17, 15) is 9.59 Å². The minimum Gasteiger partial charge on any atom is -0.459 e. The van der Waals surface area contributed by atoms with Gasteiger partial charge in [-0.1, -0.05) is 13.8 Å². The van der Waals surface area contributed by atoms with E-state index in [0.29, 0.717) is 12.3 Å². The molecule has 1 fully saturated rings. The molecular weight excluding hydrogens is 356 g/mol. The van der Waals surface area contributed by atoms with Crippen LogP contribution in [0.4, 0.5) is 0 Å². The maximum atomic E-state index is 12.2. The summed E-state index contributed by atoms with van der Waals surface area (Å²) in [4.78, 5) is 24.3. The van der Waals surface area contributed by atoms with Gasteiger partial charge >= 0.3 is 11.9 Å². The summed E-state index contributed by atoms with van der Waals surface area (Å²) in [5.41, 5.74) is 5.40. The first-order valence-electron chi connectivity index (χ1n) is 10.2. The Morgan fingerprint density at radius 3 is 2.07 bits per heavy atom. The molecule has 0 aromatic carbocycles. The third-order valence-corrected chi connectivity index (χ3v) is 4.56. The molecule has 0 saturated carbocycles. The Morgan fingerprint density at radius 2 is 1.61 bits per heavy atom. The molecule has 6 nitrogen and oxygen atoms in total. The smallest absolute Gasteiger partial charge is 0.331 e. The van der Waals surface area contributed by atoms with Gasteiger partial charge < -0.3 is 20.5 Å². The van der Waals surface area contributed by atoms with Crippen molar-refractivity contribution < 1.29 is 19.1 Å². The number of rotatable bonds is 8. The molecule has 0 radical (unpaired) electrons. The number of nitrogens with one attached hydrogen (secondary N) is 1. The number of carbonyl (C=O) groups is 2. The van der Waals surface area contributed by atoms with Crippen molar-refractivity contribution in [1.29, 1.82) is 0 Å². The van der Waals surface area contributed by atoms with Gasteiger partial charge in [-0.3, -0.25) is 0 Å². The third kappa shape index (κ3) is 10.2. The lowest BCUT2D eigenvalue weighted by atomic mass is 9.81. The van der Waals surface area contributed by atoms with Gasteiger partial charge in [-0.15, -0.1) is 0 Å². The topological polar surface area (TPSA) is 90.7 Å². The van der Waals surface area contributed by atoms with Crippen molar-refractivity contribution in [3.63, 3.8) is 0 Å². The molecule has 0 aromatic heterocycles. The summed E-state index contributed by atoms with van der Waals surface area (Å²) in [6, 6.07) is 0. The van der Waals surface area contributed by atoms with Gasteiger partial charge in [-0.25, -0.2) is 9.59 Å². The number of hydrogen-bond acceptors (Lipinski definition) is 6. The van der Waals surface area contributed by atoms with Crippen molar-refractivity contribution in [2.45, 2.75) is 110 Å². The highest BCUT2D eigenvalue weighted by molar-refractivity contribution is 5.91. The quantitative estimate of drug-likeness (QED) is 0.482. The number of nitrogens with two attached hydrogens (primary N) is 1. The van der Waals surface area contributed by atoms with E-state index in [1.165, 1.54) is 0 Å². The van der Waals surface area contributed by atoms with Crippen molar-refractivity contribution in [1.82, 2.24) is 5.32 Å². The molecule has 6 heteroatoms. The largest absolute Gasteiger partial charge is 0.459 e. The molecule has 3 N–H and O–H groups in total. The van der Waals surface area contributed by atoms with Crippen LogP contribution in [0.1, 0.15) is 81.1 Å². The highest BCUT2D eigenvalue weighted by atomic mass is 16.5. The Balaban J connectivity index is 2.61. The lowest BCUT2D eigenvalue weighted by Gasteiger charge is -2.45. The Bertz CT molecular complexity index is 537. The second kappa shape index (κ2) is 9.40. The molecular formula is C22H40N2O4. The van der Waals surface area contributed by atoms with Crippen LogP contribution < -0.4 is 11.1 Å². The van der Waals surface area contributed by atoms with Gasteiger partial charge in [0.25, 0.3) is 0 Å². The van der Waals surface area contributed by atoms with E-state index in [1.54, 1.807) is 0 Å². The number of carbonyl (C=O) groups excluding carboxylic acids is 2. The predicted molar refractivity (Wildman–Crippen MR) is 112 cm³/mol. The van der Waals surface area contributed by atoms with Gasteiger partial charge in [-0.05, 0) is 53.9 Å². The summed E-state index contributed by atoms with van der Waals surface area (Å²) in [6.07, 6.45) is 4.58. The van der Waals surface area contributed by atoms with Crippen LogP contribution in [0.25, 0.3) is 0 Å². The molecule has 1 aliphatic rings. The average molecular weight is 397 g/mol. The standard InChI is InChI=1S/C22H40N2O4/c1-15(2)11-16(12-20(3,4)23)27-18(25)9-10-19(26)28-17-13-21(5,6)24-22(7,8)14-17/h9-10,15-17,24H,11-14,23H2,1-8H3/b10-9+. The van der Waals surface area contributed by atoms with Crippen LogP contribution >= 0.6 is 0 Å². The molecule has 0 amide bonds. The molecule has 0 aromatic rings. The van der Waals surface area contributed by atoms with Crippen molar-refractivity contribution in [2.24, 2.45) is 11.7 Å². The molecule has 0 spiro atoms. The Kier molecular flexibility index (Phi) is 8.27. The van der Waals surface area contributed by atoms with Gasteiger partial charge in [0.2, 0.25) is 0 Å². The first-order valence-corrected chi connectivity index (χ1v) is 10.2. The van der Waals surface area contributed by atoms with Crippen LogP contribution in [-0.2, 0) is 19.1 Å². The normalized spacial score (nSPS) is 20.9. The van der Waals surface area contributed by atoms with Crippen molar-refractivity contribution in [3.05, 3.63) is 12.2 Å². The number of hydrogen-bond donors (Lipinski definition) is 2. The molecule has 1 atom stereocenters. The molecule has 28 heavy (non-hydrogen) atoms. The van der Waals surface area contributed by atoms with E-state index in [4.69, 9.17) is 15.2 Å². The zero-order valence-electron chi connectivity index (χ0n) is 18.9. The van der Waals surface area contributed by atoms with Crippen LogP contribution in [-0.4, -0.2) is 40.8 Å². The predicted octanol–water partition coefficient (Wildman–Crippen LogP) is 3.48. The first-order chi connectivity index (χ1) is 12.6. The molecule has 162 valence electrons. The highest BCUT2D eigenvalue weighted by Crippen LogP contribution is 2.30. The average Bonchev–Trinajstić information content (AvgIpc) is 2.38. The van der Waals surface area contributed by atoms with Crippen molar-refractivity contribution in [3.8, 4) is 0 Å². The number of ether oxygens (including phenoxy) is 2. The summed E-state index contributed by atoms with van der Waals surface area (Å²) in [5, 5.41) is 3.55. The monoisotopic (exact) mass is 396 g/mol. The summed E-state index contributed by atoms with van der Waals surface area (Å²) in [7, 11) is 0. The van der Waals surface area contributed by atoms with Gasteiger partial charge in [0.05, 0.1) is 0 Å². The maximum Gasteiger partial charge on any atom is 0.331 e. The van der Waals surface area contributed by atoms with Crippen LogP contribution in [0.2, 0.25) is 0 Å². The van der Waals surface area contributed by atoms with Crippen molar-refractivity contribution >= 4 is 11.9 Å². The van der Waals surface area contributed by atoms with Crippen LogP contribution in [0.5, 0.6) is 0 Å². The van der Waals surface area contributed by atoms with E-state index in [2.05, 4.69) is 46.9 Å². The minimum atomic E-state index is -0.544. The molecule has 0 aliphatic carbocycles. The van der Waals surface area contributed by atoms with E-state index < -0.39 is 17.5 Å². The molecule has 1 saturated heterocycles. The lowest BCUT2D eigenvalue weighted by molar-refractivity contribution is -0.149. The maximum absolute atomic E-state index is 12.2. The van der Waals surface area contributed by atoms with Crippen molar-refractivity contribution in [2.75, 3.05) is 0 Å². The lowest BCUT2D eigenvalue weighted by Crippen LogP contribution is -2.59. The van der Waals surface area contributed by atoms with E-state index >= 15 is 0 Å². The van der Waals surface area contributed by atoms with Gasteiger partial charge in [0.1, 0.15) is 12.2 Å². The Labute approximate surface area is 170 Å². The molecule has 1 heterocycles. The number of esters is 2. The Morgan fingerprint density at radius 1 is 1.11 bits per heavy atom. The summed E-state index contributed by atoms with van der Waals surface area (Å²) < 4.78 is 11.1. The SMILES string of the molecule is CC(C)CC(CC(C)(C)N)OC(=O)/C=C/C(=O)OC1CC(C)(C)NC(C)(C)C1. The Hall–Kier alpha value is -1.40. The number of piperidine rings is 1. The minimum absolute atomic E-state index is 0.117. The molecule has 1 unspecified atom stereocenters. The first kappa shape index (κ1) is 24.6. The van der Waals surface area contributed by atoms with Crippen LogP contribution in [0.15, 0.2) is 12.2 Å². The van der Waals surface area contributed by atoms with E-state index in [0.717, 1.165) is 31.4 Å². The fourth-order valence-corrected chi connectivity index (χ4v) is 4.14. The zero-order valence-corrected chi connectivity index (χ0v) is 18.9.